The Morgan fingerprint density at radius 3 is 2.69 bits per heavy atom. The van der Waals surface area contributed by atoms with Gasteiger partial charge in [-0.1, -0.05) is 13.8 Å². The summed E-state index contributed by atoms with van der Waals surface area (Å²) in [7, 11) is 1.42. The number of methoxy groups -OCH3 is 1. The molecule has 1 N–H and O–H groups in total. The van der Waals surface area contributed by atoms with E-state index in [1.54, 1.807) is 11.3 Å². The van der Waals surface area contributed by atoms with Crippen molar-refractivity contribution >= 4 is 33.2 Å². The van der Waals surface area contributed by atoms with Crippen molar-refractivity contribution in [2.75, 3.05) is 7.11 Å². The monoisotopic (exact) mass is 305 g/mol. The van der Waals surface area contributed by atoms with E-state index >= 15 is 0 Å². The average Bonchev–Trinajstić information content (AvgIpc) is 2.63. The van der Waals surface area contributed by atoms with E-state index in [-0.39, 0.29) is 17.9 Å². The summed E-state index contributed by atoms with van der Waals surface area (Å²) in [4.78, 5) is 12.7. The number of carbonyl (C=O) groups is 1. The molecule has 0 aliphatic rings. The topological polar surface area (TPSA) is 38.3 Å². The molecule has 0 saturated heterocycles. The molecule has 0 aliphatic heterocycles. The molecule has 5 heteroatoms. The van der Waals surface area contributed by atoms with Gasteiger partial charge in [-0.3, -0.25) is 10.1 Å². The number of esters is 1. The van der Waals surface area contributed by atoms with Gasteiger partial charge in [-0.25, -0.2) is 0 Å². The Bertz CT molecular complexity index is 352. The van der Waals surface area contributed by atoms with E-state index in [0.717, 1.165) is 3.79 Å². The molecule has 1 rings (SSSR count). The molecule has 1 aromatic rings. The average molecular weight is 306 g/mol. The van der Waals surface area contributed by atoms with Gasteiger partial charge < -0.3 is 4.74 Å². The highest BCUT2D eigenvalue weighted by atomic mass is 79.9. The first kappa shape index (κ1) is 13.7. The zero-order chi connectivity index (χ0) is 12.1. The van der Waals surface area contributed by atoms with Crippen molar-refractivity contribution in [2.24, 2.45) is 5.92 Å². The molecule has 16 heavy (non-hydrogen) atoms. The van der Waals surface area contributed by atoms with E-state index in [2.05, 4.69) is 21.2 Å². The summed E-state index contributed by atoms with van der Waals surface area (Å²) in [5.74, 6) is 0.0153. The zero-order valence-corrected chi connectivity index (χ0v) is 12.0. The Labute approximate surface area is 108 Å². The minimum absolute atomic E-state index is 0.203. The Balaban J connectivity index is 2.53. The van der Waals surface area contributed by atoms with Crippen molar-refractivity contribution in [3.05, 3.63) is 20.8 Å². The van der Waals surface area contributed by atoms with Gasteiger partial charge in [0.1, 0.15) is 6.04 Å². The lowest BCUT2D eigenvalue weighted by Gasteiger charge is -2.19. The molecule has 3 nitrogen and oxygen atoms in total. The highest BCUT2D eigenvalue weighted by molar-refractivity contribution is 9.11. The fourth-order valence-electron chi connectivity index (χ4n) is 1.38. The van der Waals surface area contributed by atoms with Crippen LogP contribution in [0, 0.1) is 5.92 Å². The molecule has 0 saturated carbocycles. The third-order valence-corrected chi connectivity index (χ3v) is 3.87. The minimum Gasteiger partial charge on any atom is -0.468 e. The molecule has 90 valence electrons. The number of thiophene rings is 1. The summed E-state index contributed by atoms with van der Waals surface area (Å²) in [5, 5.41) is 3.21. The number of nitrogens with one attached hydrogen (secondary N) is 1. The molecule has 1 atom stereocenters. The standard InChI is InChI=1S/C11H16BrNO2S/c1-7(2)10(11(14)15-3)13-6-8-4-5-9(12)16-8/h4-5,7,10,13H,6H2,1-3H3/t10-/m0/s1. The van der Waals surface area contributed by atoms with Crippen molar-refractivity contribution < 1.29 is 9.53 Å². The molecule has 0 radical (unpaired) electrons. The molecule has 0 fully saturated rings. The van der Waals surface area contributed by atoms with Gasteiger partial charge in [0, 0.05) is 11.4 Å². The van der Waals surface area contributed by atoms with Crippen LogP contribution in [0.4, 0.5) is 0 Å². The van der Waals surface area contributed by atoms with E-state index in [1.807, 2.05) is 26.0 Å². The van der Waals surface area contributed by atoms with Crippen LogP contribution >= 0.6 is 27.3 Å². The predicted octanol–water partition coefficient (Wildman–Crippen LogP) is 2.80. The number of carbonyl (C=O) groups excluding carboxylic acids is 1. The van der Waals surface area contributed by atoms with Gasteiger partial charge in [0.2, 0.25) is 0 Å². The number of ether oxygens (including phenoxy) is 1. The summed E-state index contributed by atoms with van der Waals surface area (Å²) in [6.07, 6.45) is 0. The van der Waals surface area contributed by atoms with Crippen LogP contribution in [-0.2, 0) is 16.1 Å². The maximum absolute atomic E-state index is 11.5. The first-order valence-corrected chi connectivity index (χ1v) is 6.71. The SMILES string of the molecule is COC(=O)[C@@H](NCc1ccc(Br)s1)C(C)C. The van der Waals surface area contributed by atoms with Crippen molar-refractivity contribution in [2.45, 2.75) is 26.4 Å². The van der Waals surface area contributed by atoms with Crippen LogP contribution in [0.2, 0.25) is 0 Å². The van der Waals surface area contributed by atoms with Crippen LogP contribution in [0.5, 0.6) is 0 Å². The van der Waals surface area contributed by atoms with Gasteiger partial charge in [0.05, 0.1) is 10.9 Å². The molecular formula is C11H16BrNO2S. The number of hydrogen-bond acceptors (Lipinski definition) is 4. The summed E-state index contributed by atoms with van der Waals surface area (Å²) < 4.78 is 5.86. The number of rotatable bonds is 5. The third-order valence-electron chi connectivity index (χ3n) is 2.25. The van der Waals surface area contributed by atoms with E-state index < -0.39 is 0 Å². The summed E-state index contributed by atoms with van der Waals surface area (Å²) in [5.41, 5.74) is 0. The van der Waals surface area contributed by atoms with Crippen LogP contribution in [0.25, 0.3) is 0 Å². The van der Waals surface area contributed by atoms with Gasteiger partial charge in [0.25, 0.3) is 0 Å². The second-order valence-corrected chi connectivity index (χ2v) is 6.38. The van der Waals surface area contributed by atoms with Crippen LogP contribution in [0.1, 0.15) is 18.7 Å². The molecule has 0 bridgehead atoms. The molecule has 0 spiro atoms. The molecule has 1 heterocycles. The Kier molecular flexibility index (Phi) is 5.44. The van der Waals surface area contributed by atoms with Crippen LogP contribution < -0.4 is 5.32 Å². The second-order valence-electron chi connectivity index (χ2n) is 3.83. The maximum Gasteiger partial charge on any atom is 0.323 e. The summed E-state index contributed by atoms with van der Waals surface area (Å²) in [6.45, 7) is 4.69. The van der Waals surface area contributed by atoms with Gasteiger partial charge >= 0.3 is 5.97 Å². The molecule has 0 aliphatic carbocycles. The van der Waals surface area contributed by atoms with Gasteiger partial charge in [0.15, 0.2) is 0 Å². The Morgan fingerprint density at radius 2 is 2.25 bits per heavy atom. The van der Waals surface area contributed by atoms with E-state index in [1.165, 1.54) is 12.0 Å². The van der Waals surface area contributed by atoms with Gasteiger partial charge in [-0.05, 0) is 34.0 Å². The smallest absolute Gasteiger partial charge is 0.323 e. The molecular weight excluding hydrogens is 290 g/mol. The fraction of sp³-hybridized carbons (Fsp3) is 0.545. The Hall–Kier alpha value is -0.390. The van der Waals surface area contributed by atoms with E-state index in [4.69, 9.17) is 4.74 Å². The van der Waals surface area contributed by atoms with E-state index in [9.17, 15) is 4.79 Å². The third kappa shape index (κ3) is 3.88. The van der Waals surface area contributed by atoms with Gasteiger partial charge in [-0.15, -0.1) is 11.3 Å². The predicted molar refractivity (Wildman–Crippen MR) is 69.5 cm³/mol. The quantitative estimate of drug-likeness (QED) is 0.850. The van der Waals surface area contributed by atoms with Crippen LogP contribution in [-0.4, -0.2) is 19.1 Å². The largest absolute Gasteiger partial charge is 0.468 e. The number of halogens is 1. The molecule has 0 unspecified atom stereocenters. The van der Waals surface area contributed by atoms with Crippen molar-refractivity contribution in [1.29, 1.82) is 0 Å². The maximum atomic E-state index is 11.5. The zero-order valence-electron chi connectivity index (χ0n) is 9.62. The molecule has 1 aromatic heterocycles. The van der Waals surface area contributed by atoms with Gasteiger partial charge in [-0.2, -0.15) is 0 Å². The number of hydrogen-bond donors (Lipinski definition) is 1. The van der Waals surface area contributed by atoms with Crippen molar-refractivity contribution in [3.63, 3.8) is 0 Å². The minimum atomic E-state index is -0.245. The molecule has 0 aromatic carbocycles. The van der Waals surface area contributed by atoms with Crippen LogP contribution in [0.15, 0.2) is 15.9 Å². The van der Waals surface area contributed by atoms with Crippen LogP contribution in [0.3, 0.4) is 0 Å². The molecule has 0 amide bonds. The van der Waals surface area contributed by atoms with Crippen molar-refractivity contribution in [3.8, 4) is 0 Å². The first-order valence-electron chi connectivity index (χ1n) is 5.10. The lowest BCUT2D eigenvalue weighted by atomic mass is 10.0. The van der Waals surface area contributed by atoms with Crippen molar-refractivity contribution in [1.82, 2.24) is 5.32 Å². The lowest BCUT2D eigenvalue weighted by Crippen LogP contribution is -2.41. The summed E-state index contributed by atoms with van der Waals surface area (Å²) in [6, 6.07) is 3.80. The highest BCUT2D eigenvalue weighted by Gasteiger charge is 2.22. The normalized spacial score (nSPS) is 12.8. The Morgan fingerprint density at radius 1 is 1.56 bits per heavy atom. The first-order chi connectivity index (χ1) is 7.54. The summed E-state index contributed by atoms with van der Waals surface area (Å²) >= 11 is 5.07. The lowest BCUT2D eigenvalue weighted by molar-refractivity contribution is -0.144. The fourth-order valence-corrected chi connectivity index (χ4v) is 2.81. The van der Waals surface area contributed by atoms with E-state index in [0.29, 0.717) is 6.54 Å². The second kappa shape index (κ2) is 6.37. The highest BCUT2D eigenvalue weighted by Crippen LogP contribution is 2.22.